The van der Waals surface area contributed by atoms with E-state index >= 15 is 0 Å². The van der Waals surface area contributed by atoms with Crippen molar-refractivity contribution in [3.8, 4) is 0 Å². The highest BCUT2D eigenvalue weighted by atomic mass is 16.7. The summed E-state index contributed by atoms with van der Waals surface area (Å²) in [5.41, 5.74) is 0. The van der Waals surface area contributed by atoms with E-state index in [0.717, 1.165) is 32.5 Å². The number of aliphatic hydroxyl groups is 3. The lowest BCUT2D eigenvalue weighted by atomic mass is 10.2. The molecule has 1 aliphatic heterocycles. The molecule has 1 atom stereocenters. The van der Waals surface area contributed by atoms with Crippen LogP contribution in [0.2, 0.25) is 0 Å². The Morgan fingerprint density at radius 2 is 2.25 bits per heavy atom. The van der Waals surface area contributed by atoms with E-state index in [2.05, 4.69) is 4.74 Å². The van der Waals surface area contributed by atoms with Gasteiger partial charge in [0.15, 0.2) is 0 Å². The highest BCUT2D eigenvalue weighted by molar-refractivity contribution is 4.52. The summed E-state index contributed by atoms with van der Waals surface area (Å²) in [4.78, 5) is 0. The van der Waals surface area contributed by atoms with Gasteiger partial charge in [0.25, 0.3) is 6.29 Å². The average molecular weight is 175 g/mol. The van der Waals surface area contributed by atoms with E-state index < -0.39 is 0 Å². The van der Waals surface area contributed by atoms with Crippen molar-refractivity contribution in [2.45, 2.75) is 38.4 Å². The van der Waals surface area contributed by atoms with Crippen molar-refractivity contribution < 1.29 is 14.6 Å². The van der Waals surface area contributed by atoms with Crippen molar-refractivity contribution in [3.05, 3.63) is 0 Å². The fraction of sp³-hybridized carbons (Fsp3) is 1.00. The Morgan fingerprint density at radius 1 is 1.33 bits per heavy atom. The molecule has 1 unspecified atom stereocenters. The number of ether oxygens (including phenoxy) is 2. The highest BCUT2D eigenvalue weighted by Crippen LogP contribution is 2.11. The molecule has 0 aromatic rings. The highest BCUT2D eigenvalue weighted by Gasteiger charge is 2.17. The molecule has 1 fully saturated rings. The van der Waals surface area contributed by atoms with Crippen LogP contribution in [0.3, 0.4) is 0 Å². The zero-order valence-electron chi connectivity index (χ0n) is 7.54. The molecule has 0 amide bonds. The van der Waals surface area contributed by atoms with E-state index in [0.29, 0.717) is 0 Å². The van der Waals surface area contributed by atoms with Gasteiger partial charge in [-0.25, -0.2) is 0 Å². The Labute approximate surface area is 73.7 Å². The van der Waals surface area contributed by atoms with Gasteiger partial charge in [-0.2, -0.15) is 0 Å². The van der Waals surface area contributed by atoms with Crippen LogP contribution in [-0.2, 0) is 4.74 Å². The smallest absolute Gasteiger partial charge is 0.264 e. The number of hydrogen-bond donors (Lipinski definition) is 1. The molecule has 0 aromatic carbocycles. The minimum Gasteiger partial charge on any atom is -0.410 e. The molecule has 0 radical (unpaired) electrons. The van der Waals surface area contributed by atoms with E-state index in [4.69, 9.17) is 9.84 Å². The molecule has 0 saturated carbocycles. The molecule has 12 heavy (non-hydrogen) atoms. The molecule has 0 aliphatic carbocycles. The van der Waals surface area contributed by atoms with Crippen LogP contribution in [0.15, 0.2) is 0 Å². The van der Waals surface area contributed by atoms with E-state index in [1.54, 1.807) is 0 Å². The first-order chi connectivity index (χ1) is 5.93. The van der Waals surface area contributed by atoms with Crippen LogP contribution in [-0.4, -0.2) is 36.0 Å². The summed E-state index contributed by atoms with van der Waals surface area (Å²) in [6.45, 7) is 1.98. The summed E-state index contributed by atoms with van der Waals surface area (Å²) in [5.74, 6) is 0. The molecular weight excluding hydrogens is 156 g/mol. The lowest BCUT2D eigenvalue weighted by Crippen LogP contribution is -2.26. The van der Waals surface area contributed by atoms with Crippen LogP contribution in [0, 0.1) is 0 Å². The zero-order valence-corrected chi connectivity index (χ0v) is 7.54. The molecule has 2 N–H and O–H groups in total. The second-order valence-corrected chi connectivity index (χ2v) is 3.16. The van der Waals surface area contributed by atoms with Crippen LogP contribution >= 0.6 is 0 Å². The van der Waals surface area contributed by atoms with E-state index in [-0.39, 0.29) is 12.9 Å². The van der Waals surface area contributed by atoms with Crippen LogP contribution in [0.25, 0.3) is 0 Å². The van der Waals surface area contributed by atoms with Crippen LogP contribution in [0.1, 0.15) is 32.1 Å². The maximum absolute atomic E-state index is 8.52. The fourth-order valence-corrected chi connectivity index (χ4v) is 1.33. The van der Waals surface area contributed by atoms with Gasteiger partial charge in [-0.1, -0.05) is 0 Å². The third kappa shape index (κ3) is 4.04. The topological polar surface area (TPSA) is 42.3 Å². The number of hydrogen-bond acceptors (Lipinski definition) is 2. The Kier molecular flexibility index (Phi) is 5.32. The molecule has 72 valence electrons. The Bertz CT molecular complexity index is 99.9. The van der Waals surface area contributed by atoms with Crippen molar-refractivity contribution in [2.75, 3.05) is 19.8 Å². The Morgan fingerprint density at radius 3 is 2.92 bits per heavy atom. The maximum atomic E-state index is 8.52. The Hall–Kier alpha value is -0.120. The largest absolute Gasteiger partial charge is 0.410 e. The summed E-state index contributed by atoms with van der Waals surface area (Å²) >= 11 is 0. The monoisotopic (exact) mass is 175 g/mol. The third-order valence-corrected chi connectivity index (χ3v) is 2.05. The van der Waals surface area contributed by atoms with Crippen LogP contribution in [0.5, 0.6) is 0 Å². The van der Waals surface area contributed by atoms with Crippen molar-refractivity contribution >= 4 is 0 Å². The van der Waals surface area contributed by atoms with Gasteiger partial charge in [-0.3, -0.25) is 0 Å². The lowest BCUT2D eigenvalue weighted by molar-refractivity contribution is -0.256. The second kappa shape index (κ2) is 6.40. The van der Waals surface area contributed by atoms with Crippen molar-refractivity contribution in [1.82, 2.24) is 0 Å². The van der Waals surface area contributed by atoms with Gasteiger partial charge in [-0.05, 0) is 19.3 Å². The predicted molar refractivity (Wildman–Crippen MR) is 47.0 cm³/mol. The maximum Gasteiger partial charge on any atom is 0.264 e. The molecule has 3 nitrogen and oxygen atoms in total. The van der Waals surface area contributed by atoms with Gasteiger partial charge >= 0.3 is 0 Å². The van der Waals surface area contributed by atoms with E-state index in [9.17, 15) is 0 Å². The molecule has 0 aromatic heterocycles. The average Bonchev–Trinajstić information content (AvgIpc) is 2.14. The van der Waals surface area contributed by atoms with Crippen molar-refractivity contribution in [3.63, 3.8) is 0 Å². The number of rotatable bonds is 5. The number of unbranched alkanes of at least 4 members (excludes halogenated alkanes) is 1. The fourth-order valence-electron chi connectivity index (χ4n) is 1.33. The lowest BCUT2D eigenvalue weighted by Gasteiger charge is -2.18. The van der Waals surface area contributed by atoms with Gasteiger partial charge in [0, 0.05) is 19.4 Å². The summed E-state index contributed by atoms with van der Waals surface area (Å²) in [5, 5.41) is 8.52. The first-order valence-electron chi connectivity index (χ1n) is 4.82. The summed E-state index contributed by atoms with van der Waals surface area (Å²) < 4.78 is 9.85. The van der Waals surface area contributed by atoms with Gasteiger partial charge in [0.2, 0.25) is 0 Å². The second-order valence-electron chi connectivity index (χ2n) is 3.16. The van der Waals surface area contributed by atoms with Gasteiger partial charge in [0.05, 0.1) is 6.61 Å². The Balaban J connectivity index is 1.91. The normalized spacial score (nSPS) is 24.2. The zero-order chi connectivity index (χ0) is 8.65. The minimum atomic E-state index is 0.150. The van der Waals surface area contributed by atoms with Gasteiger partial charge in [0.1, 0.15) is 6.61 Å². The molecular formula is C9H19O3+. The molecule has 0 bridgehead atoms. The minimum absolute atomic E-state index is 0.150. The molecule has 1 heterocycles. The molecule has 1 rings (SSSR count). The summed E-state index contributed by atoms with van der Waals surface area (Å²) in [6, 6.07) is 0. The van der Waals surface area contributed by atoms with Gasteiger partial charge in [-0.15, -0.1) is 0 Å². The molecule has 1 aliphatic rings. The standard InChI is InChI=1S/C9H18O3/c10-6-2-4-8-12-9-5-1-3-7-11-9/h9-10H,1-8H2/p+1. The van der Waals surface area contributed by atoms with E-state index in [1.165, 1.54) is 12.8 Å². The van der Waals surface area contributed by atoms with Crippen LogP contribution < -0.4 is 0 Å². The van der Waals surface area contributed by atoms with Gasteiger partial charge < -0.3 is 14.6 Å². The predicted octanol–water partition coefficient (Wildman–Crippen LogP) is 0.813. The quantitative estimate of drug-likeness (QED) is 0.496. The first-order valence-corrected chi connectivity index (χ1v) is 4.82. The van der Waals surface area contributed by atoms with Crippen molar-refractivity contribution in [1.29, 1.82) is 0 Å². The SMILES string of the molecule is OCCCCOC1CCCC[OH+]1. The molecule has 0 spiro atoms. The summed E-state index contributed by atoms with van der Waals surface area (Å²) in [7, 11) is 0. The third-order valence-electron chi connectivity index (χ3n) is 2.05. The first kappa shape index (κ1) is 9.96. The van der Waals surface area contributed by atoms with Crippen molar-refractivity contribution in [2.24, 2.45) is 0 Å². The molecule has 3 heteroatoms. The summed E-state index contributed by atoms with van der Waals surface area (Å²) in [6.07, 6.45) is 5.48. The van der Waals surface area contributed by atoms with E-state index in [1.807, 2.05) is 0 Å². The van der Waals surface area contributed by atoms with Crippen LogP contribution in [0.4, 0.5) is 0 Å². The number of aliphatic hydroxyl groups excluding tert-OH is 1. The molecule has 1 saturated heterocycles.